The van der Waals surface area contributed by atoms with Crippen LogP contribution < -0.4 is 9.47 Å². The van der Waals surface area contributed by atoms with E-state index in [-0.39, 0.29) is 0 Å². The van der Waals surface area contributed by atoms with Crippen LogP contribution in [-0.2, 0) is 0 Å². The lowest BCUT2D eigenvalue weighted by Crippen LogP contribution is -2.35. The third-order valence-corrected chi connectivity index (χ3v) is 5.82. The molecule has 4 heteroatoms. The first-order valence-corrected chi connectivity index (χ1v) is 9.34. The summed E-state index contributed by atoms with van der Waals surface area (Å²) >= 11 is 1.71. The van der Waals surface area contributed by atoms with E-state index in [1.807, 2.05) is 6.07 Å². The molecule has 1 aliphatic carbocycles. The van der Waals surface area contributed by atoms with Gasteiger partial charge in [0, 0.05) is 25.2 Å². The van der Waals surface area contributed by atoms with Crippen LogP contribution >= 0.6 is 11.3 Å². The minimum Gasteiger partial charge on any atom is -0.497 e. The molecule has 2 heterocycles. The minimum atomic E-state index is 0.749. The smallest absolute Gasteiger partial charge is 0.123 e. The molecule has 0 N–H and O–H groups in total. The first kappa shape index (κ1) is 15.0. The Hall–Kier alpha value is -1.52. The first-order chi connectivity index (χ1) is 11.3. The van der Waals surface area contributed by atoms with Crippen LogP contribution in [0.5, 0.6) is 11.5 Å². The summed E-state index contributed by atoms with van der Waals surface area (Å²) in [5.74, 6) is 2.70. The van der Waals surface area contributed by atoms with Gasteiger partial charge in [-0.2, -0.15) is 11.3 Å². The number of nitrogens with zero attached hydrogens (tertiary/aromatic N) is 1. The molecule has 2 atom stereocenters. The fourth-order valence-corrected chi connectivity index (χ4v) is 4.61. The van der Waals surface area contributed by atoms with Gasteiger partial charge in [0.2, 0.25) is 0 Å². The van der Waals surface area contributed by atoms with Gasteiger partial charge in [-0.15, -0.1) is 0 Å². The molecule has 0 unspecified atom stereocenters. The Kier molecular flexibility index (Phi) is 4.27. The van der Waals surface area contributed by atoms with Crippen molar-refractivity contribution in [1.29, 1.82) is 0 Å². The van der Waals surface area contributed by atoms with E-state index in [0.29, 0.717) is 0 Å². The SMILES string of the molecule is COc1cc(OCCN2C[C@H]3CC[C@@H]2C3)cc(-c2ccsc2)c1. The van der Waals surface area contributed by atoms with Gasteiger partial charge < -0.3 is 9.47 Å². The van der Waals surface area contributed by atoms with Crippen molar-refractivity contribution in [3.8, 4) is 22.6 Å². The van der Waals surface area contributed by atoms with Crippen LogP contribution in [0.4, 0.5) is 0 Å². The third-order valence-electron chi connectivity index (χ3n) is 5.14. The third kappa shape index (κ3) is 3.24. The van der Waals surface area contributed by atoms with Crippen molar-refractivity contribution < 1.29 is 9.47 Å². The standard InChI is InChI=1S/C19H23NO2S/c1-21-18-9-16(15-4-7-23-13-15)10-19(11-18)22-6-5-20-12-14-2-3-17(20)8-14/h4,7,9-11,13-14,17H,2-3,5-6,8,12H2,1H3/t14-,17+/m0/s1. The summed E-state index contributed by atoms with van der Waals surface area (Å²) in [5, 5.41) is 4.25. The zero-order chi connectivity index (χ0) is 15.6. The van der Waals surface area contributed by atoms with E-state index in [4.69, 9.17) is 9.47 Å². The number of piperidine rings is 1. The maximum Gasteiger partial charge on any atom is 0.123 e. The molecule has 122 valence electrons. The summed E-state index contributed by atoms with van der Waals surface area (Å²) in [6, 6.07) is 9.10. The Labute approximate surface area is 141 Å². The zero-order valence-corrected chi connectivity index (χ0v) is 14.3. The van der Waals surface area contributed by atoms with Crippen molar-refractivity contribution in [2.24, 2.45) is 5.92 Å². The van der Waals surface area contributed by atoms with E-state index in [0.717, 1.165) is 42.2 Å². The molecule has 2 aromatic rings. The van der Waals surface area contributed by atoms with Gasteiger partial charge in [-0.25, -0.2) is 0 Å². The van der Waals surface area contributed by atoms with Gasteiger partial charge in [-0.05, 0) is 65.3 Å². The number of hydrogen-bond acceptors (Lipinski definition) is 4. The predicted octanol–water partition coefficient (Wildman–Crippen LogP) is 4.29. The molecule has 0 amide bonds. The Morgan fingerprint density at radius 1 is 1.17 bits per heavy atom. The second-order valence-electron chi connectivity index (χ2n) is 6.59. The van der Waals surface area contributed by atoms with E-state index < -0.39 is 0 Å². The summed E-state index contributed by atoms with van der Waals surface area (Å²) < 4.78 is 11.5. The highest BCUT2D eigenvalue weighted by atomic mass is 32.1. The van der Waals surface area contributed by atoms with Gasteiger partial charge in [0.1, 0.15) is 18.1 Å². The normalized spacial score (nSPS) is 23.3. The number of hydrogen-bond donors (Lipinski definition) is 0. The van der Waals surface area contributed by atoms with Crippen molar-refractivity contribution in [2.45, 2.75) is 25.3 Å². The molecule has 1 aromatic heterocycles. The molecule has 2 fully saturated rings. The van der Waals surface area contributed by atoms with E-state index in [2.05, 4.69) is 33.9 Å². The Bertz CT molecular complexity index is 655. The van der Waals surface area contributed by atoms with Crippen molar-refractivity contribution in [1.82, 2.24) is 4.90 Å². The first-order valence-electron chi connectivity index (χ1n) is 8.40. The Morgan fingerprint density at radius 3 is 2.78 bits per heavy atom. The molecule has 1 saturated heterocycles. The average Bonchev–Trinajstić information content (AvgIpc) is 3.32. The highest BCUT2D eigenvalue weighted by Gasteiger charge is 2.37. The highest BCUT2D eigenvalue weighted by Crippen LogP contribution is 2.37. The van der Waals surface area contributed by atoms with Gasteiger partial charge in [-0.1, -0.05) is 0 Å². The molecule has 3 nitrogen and oxygen atoms in total. The maximum atomic E-state index is 6.04. The summed E-state index contributed by atoms with van der Waals surface area (Å²) in [4.78, 5) is 2.61. The second-order valence-corrected chi connectivity index (χ2v) is 7.37. The van der Waals surface area contributed by atoms with Crippen LogP contribution in [0.1, 0.15) is 19.3 Å². The van der Waals surface area contributed by atoms with E-state index in [1.54, 1.807) is 18.4 Å². The van der Waals surface area contributed by atoms with Gasteiger partial charge >= 0.3 is 0 Å². The summed E-state index contributed by atoms with van der Waals surface area (Å²) in [6.45, 7) is 3.05. The number of fused-ring (bicyclic) bond motifs is 2. The number of thiophene rings is 1. The molecule has 0 spiro atoms. The van der Waals surface area contributed by atoms with Gasteiger partial charge in [0.05, 0.1) is 7.11 Å². The number of ether oxygens (including phenoxy) is 2. The fourth-order valence-electron chi connectivity index (χ4n) is 3.95. The van der Waals surface area contributed by atoms with Gasteiger partial charge in [0.15, 0.2) is 0 Å². The van der Waals surface area contributed by atoms with Crippen LogP contribution in [0.2, 0.25) is 0 Å². The van der Waals surface area contributed by atoms with Gasteiger partial charge in [0.25, 0.3) is 0 Å². The molecular weight excluding hydrogens is 306 g/mol. The molecule has 23 heavy (non-hydrogen) atoms. The van der Waals surface area contributed by atoms with Crippen LogP contribution in [-0.4, -0.2) is 37.7 Å². The fraction of sp³-hybridized carbons (Fsp3) is 0.474. The van der Waals surface area contributed by atoms with Crippen LogP contribution in [0, 0.1) is 5.92 Å². The quantitative estimate of drug-likeness (QED) is 0.789. The molecule has 1 saturated carbocycles. The number of methoxy groups -OCH3 is 1. The lowest BCUT2D eigenvalue weighted by atomic mass is 10.1. The Morgan fingerprint density at radius 2 is 2.09 bits per heavy atom. The summed E-state index contributed by atoms with van der Waals surface area (Å²) in [5.41, 5.74) is 2.37. The molecular formula is C19H23NO2S. The van der Waals surface area contributed by atoms with Crippen molar-refractivity contribution in [3.05, 3.63) is 35.0 Å². The molecule has 2 aliphatic rings. The average molecular weight is 329 g/mol. The van der Waals surface area contributed by atoms with E-state index in [9.17, 15) is 0 Å². The summed E-state index contributed by atoms with van der Waals surface area (Å²) in [7, 11) is 1.71. The largest absolute Gasteiger partial charge is 0.497 e. The van der Waals surface area contributed by atoms with Crippen LogP contribution in [0.3, 0.4) is 0 Å². The number of benzene rings is 1. The highest BCUT2D eigenvalue weighted by molar-refractivity contribution is 7.08. The van der Waals surface area contributed by atoms with E-state index >= 15 is 0 Å². The number of likely N-dealkylation sites (tertiary alicyclic amines) is 1. The monoisotopic (exact) mass is 329 g/mol. The maximum absolute atomic E-state index is 6.04. The topological polar surface area (TPSA) is 21.7 Å². The van der Waals surface area contributed by atoms with Crippen molar-refractivity contribution in [2.75, 3.05) is 26.8 Å². The van der Waals surface area contributed by atoms with Crippen molar-refractivity contribution >= 4 is 11.3 Å². The molecule has 1 aliphatic heterocycles. The van der Waals surface area contributed by atoms with Crippen molar-refractivity contribution in [3.63, 3.8) is 0 Å². The predicted molar refractivity (Wildman–Crippen MR) is 94.5 cm³/mol. The molecule has 4 rings (SSSR count). The Balaban J connectivity index is 1.41. The lowest BCUT2D eigenvalue weighted by Gasteiger charge is -2.26. The molecule has 2 bridgehead atoms. The zero-order valence-electron chi connectivity index (χ0n) is 13.5. The minimum absolute atomic E-state index is 0.749. The van der Waals surface area contributed by atoms with Crippen LogP contribution in [0.15, 0.2) is 35.0 Å². The van der Waals surface area contributed by atoms with Gasteiger partial charge in [-0.3, -0.25) is 4.90 Å². The molecule has 1 aromatic carbocycles. The van der Waals surface area contributed by atoms with Crippen LogP contribution in [0.25, 0.3) is 11.1 Å². The second kappa shape index (κ2) is 6.54. The lowest BCUT2D eigenvalue weighted by molar-refractivity contribution is 0.172. The number of rotatable bonds is 6. The molecule has 0 radical (unpaired) electrons. The summed E-state index contributed by atoms with van der Waals surface area (Å²) in [6.07, 6.45) is 4.22. The van der Waals surface area contributed by atoms with E-state index in [1.165, 1.54) is 31.4 Å².